The Labute approximate surface area is 217 Å². The Morgan fingerprint density at radius 3 is 2.76 bits per heavy atom. The number of carbonyl (C=O) groups excluding carboxylic acids is 1. The number of rotatable bonds is 6. The molecule has 0 saturated carbocycles. The number of aryl methyl sites for hydroxylation is 1. The summed E-state index contributed by atoms with van der Waals surface area (Å²) in [5.74, 6) is 2.50. The third kappa shape index (κ3) is 5.49. The van der Waals surface area contributed by atoms with E-state index in [0.29, 0.717) is 18.7 Å². The molecule has 4 heterocycles. The fourth-order valence-electron chi connectivity index (χ4n) is 5.16. The minimum absolute atomic E-state index is 0.0749. The molecule has 1 saturated heterocycles. The highest BCUT2D eigenvalue weighted by molar-refractivity contribution is 5.94. The van der Waals surface area contributed by atoms with Crippen LogP contribution in [-0.2, 0) is 19.4 Å². The van der Waals surface area contributed by atoms with Crippen LogP contribution >= 0.6 is 0 Å². The zero-order valence-electron chi connectivity index (χ0n) is 21.0. The lowest BCUT2D eigenvalue weighted by Gasteiger charge is -2.31. The van der Waals surface area contributed by atoms with E-state index in [1.165, 1.54) is 11.3 Å². The van der Waals surface area contributed by atoms with Crippen molar-refractivity contribution in [3.05, 3.63) is 77.0 Å². The highest BCUT2D eigenvalue weighted by atomic mass is 16.5. The number of nitrogens with zero attached hydrogens (tertiary/aromatic N) is 2. The standard InChI is InChI=1S/C29H33N5O3/c35-29(33-24-15-22-5-7-25(16-27(22)37-19-24)34-11-9-30-10-12-34)23-6-8-28(32-18-23)31-17-20-3-4-21-2-1-13-36-26(21)14-20/h3-8,14,16,18,24,30H,1-2,9-13,15,17,19H2,(H,31,32)(H,33,35)/t24-/m1/s1. The quantitative estimate of drug-likeness (QED) is 0.480. The first-order valence-electron chi connectivity index (χ1n) is 13.2. The number of nitrogens with one attached hydrogen (secondary N) is 3. The molecule has 1 atom stereocenters. The average molecular weight is 500 g/mol. The van der Waals surface area contributed by atoms with Gasteiger partial charge < -0.3 is 30.3 Å². The molecule has 3 aliphatic heterocycles. The van der Waals surface area contributed by atoms with Crippen molar-refractivity contribution in [2.45, 2.75) is 31.8 Å². The second-order valence-corrected chi connectivity index (χ2v) is 9.89. The number of benzene rings is 2. The van der Waals surface area contributed by atoms with Crippen molar-refractivity contribution in [2.24, 2.45) is 0 Å². The lowest BCUT2D eigenvalue weighted by molar-refractivity contribution is 0.0915. The van der Waals surface area contributed by atoms with Gasteiger partial charge in [0.2, 0.25) is 0 Å². The van der Waals surface area contributed by atoms with Crippen LogP contribution in [0.3, 0.4) is 0 Å². The van der Waals surface area contributed by atoms with Gasteiger partial charge in [0.05, 0.1) is 18.2 Å². The van der Waals surface area contributed by atoms with E-state index in [-0.39, 0.29) is 11.9 Å². The zero-order chi connectivity index (χ0) is 25.0. The van der Waals surface area contributed by atoms with E-state index in [2.05, 4.69) is 62.2 Å². The molecule has 1 aromatic heterocycles. The smallest absolute Gasteiger partial charge is 0.253 e. The largest absolute Gasteiger partial charge is 0.493 e. The molecule has 8 heteroatoms. The third-order valence-corrected chi connectivity index (χ3v) is 7.25. The van der Waals surface area contributed by atoms with Crippen molar-refractivity contribution >= 4 is 17.4 Å². The number of fused-ring (bicyclic) bond motifs is 2. The van der Waals surface area contributed by atoms with Gasteiger partial charge in [0.15, 0.2) is 0 Å². The third-order valence-electron chi connectivity index (χ3n) is 7.25. The summed E-state index contributed by atoms with van der Waals surface area (Å²) >= 11 is 0. The molecule has 3 N–H and O–H groups in total. The molecule has 1 fully saturated rings. The van der Waals surface area contributed by atoms with Crippen molar-refractivity contribution in [2.75, 3.05) is 49.6 Å². The number of ether oxygens (including phenoxy) is 2. The first-order chi connectivity index (χ1) is 18.2. The van der Waals surface area contributed by atoms with Gasteiger partial charge in [-0.25, -0.2) is 4.98 Å². The summed E-state index contributed by atoms with van der Waals surface area (Å²) in [6.07, 6.45) is 4.52. The van der Waals surface area contributed by atoms with Crippen molar-refractivity contribution in [3.8, 4) is 11.5 Å². The van der Waals surface area contributed by atoms with Gasteiger partial charge in [-0.1, -0.05) is 18.2 Å². The van der Waals surface area contributed by atoms with Crippen molar-refractivity contribution in [1.29, 1.82) is 0 Å². The molecule has 1 amide bonds. The first-order valence-corrected chi connectivity index (χ1v) is 13.2. The molecule has 192 valence electrons. The van der Waals surface area contributed by atoms with E-state index < -0.39 is 0 Å². The highest BCUT2D eigenvalue weighted by Gasteiger charge is 2.23. The Morgan fingerprint density at radius 2 is 1.89 bits per heavy atom. The molecule has 3 aromatic rings. The van der Waals surface area contributed by atoms with Crippen LogP contribution in [0.5, 0.6) is 11.5 Å². The number of hydrogen-bond donors (Lipinski definition) is 3. The Hall–Kier alpha value is -3.78. The van der Waals surface area contributed by atoms with E-state index >= 15 is 0 Å². The van der Waals surface area contributed by atoms with Gasteiger partial charge in [-0.05, 0) is 60.2 Å². The molecule has 0 spiro atoms. The SMILES string of the molecule is O=C(N[C@H]1COc2cc(N3CCNCC3)ccc2C1)c1ccc(NCc2ccc3c(c2)OCCC3)nc1. The van der Waals surface area contributed by atoms with Crippen molar-refractivity contribution in [3.63, 3.8) is 0 Å². The van der Waals surface area contributed by atoms with Gasteiger partial charge >= 0.3 is 0 Å². The maximum atomic E-state index is 12.9. The fraction of sp³-hybridized carbons (Fsp3) is 0.379. The van der Waals surface area contributed by atoms with Crippen molar-refractivity contribution in [1.82, 2.24) is 15.6 Å². The lowest BCUT2D eigenvalue weighted by Crippen LogP contribution is -2.44. The average Bonchev–Trinajstić information content (AvgIpc) is 2.96. The molecule has 0 aliphatic carbocycles. The molecule has 6 rings (SSSR count). The molecule has 0 unspecified atom stereocenters. The lowest BCUT2D eigenvalue weighted by atomic mass is 10.0. The molecule has 37 heavy (non-hydrogen) atoms. The maximum absolute atomic E-state index is 12.9. The van der Waals surface area contributed by atoms with Crippen LogP contribution in [0.2, 0.25) is 0 Å². The van der Waals surface area contributed by atoms with Crippen LogP contribution in [0.25, 0.3) is 0 Å². The maximum Gasteiger partial charge on any atom is 0.253 e. The summed E-state index contributed by atoms with van der Waals surface area (Å²) in [6.45, 7) is 5.90. The van der Waals surface area contributed by atoms with E-state index in [1.54, 1.807) is 12.3 Å². The topological polar surface area (TPSA) is 87.8 Å². The predicted molar refractivity (Wildman–Crippen MR) is 144 cm³/mol. The minimum atomic E-state index is -0.139. The molecule has 0 bridgehead atoms. The molecular formula is C29H33N5O3. The number of carbonyl (C=O) groups is 1. The van der Waals surface area contributed by atoms with Gasteiger partial charge in [0.1, 0.15) is 23.9 Å². The van der Waals surface area contributed by atoms with Crippen LogP contribution in [0.1, 0.15) is 33.5 Å². The van der Waals surface area contributed by atoms with Gasteiger partial charge in [0.25, 0.3) is 5.91 Å². The Morgan fingerprint density at radius 1 is 1.03 bits per heavy atom. The Balaban J connectivity index is 1.02. The second-order valence-electron chi connectivity index (χ2n) is 9.89. The van der Waals surface area contributed by atoms with Gasteiger partial charge in [-0.3, -0.25) is 4.79 Å². The number of hydrogen-bond acceptors (Lipinski definition) is 7. The van der Waals surface area contributed by atoms with E-state index in [0.717, 1.165) is 80.5 Å². The van der Waals surface area contributed by atoms with Crippen LogP contribution < -0.4 is 30.3 Å². The number of anilines is 2. The van der Waals surface area contributed by atoms with Gasteiger partial charge in [-0.2, -0.15) is 0 Å². The van der Waals surface area contributed by atoms with Crippen LogP contribution in [-0.4, -0.2) is 56.3 Å². The molecule has 8 nitrogen and oxygen atoms in total. The van der Waals surface area contributed by atoms with E-state index in [9.17, 15) is 4.79 Å². The minimum Gasteiger partial charge on any atom is -0.493 e. The summed E-state index contributed by atoms with van der Waals surface area (Å²) in [7, 11) is 0. The molecule has 0 radical (unpaired) electrons. The number of piperazine rings is 1. The van der Waals surface area contributed by atoms with E-state index in [1.807, 2.05) is 6.07 Å². The van der Waals surface area contributed by atoms with Crippen molar-refractivity contribution < 1.29 is 14.3 Å². The molecule has 3 aliphatic rings. The number of pyridine rings is 1. The normalized spacial score (nSPS) is 18.6. The fourth-order valence-corrected chi connectivity index (χ4v) is 5.16. The van der Waals surface area contributed by atoms with Gasteiger partial charge in [0, 0.05) is 50.7 Å². The van der Waals surface area contributed by atoms with Crippen LogP contribution in [0, 0.1) is 0 Å². The highest BCUT2D eigenvalue weighted by Crippen LogP contribution is 2.30. The predicted octanol–water partition coefficient (Wildman–Crippen LogP) is 3.16. The summed E-state index contributed by atoms with van der Waals surface area (Å²) < 4.78 is 11.8. The zero-order valence-corrected chi connectivity index (χ0v) is 21.0. The first kappa shape index (κ1) is 23.6. The summed E-state index contributed by atoms with van der Waals surface area (Å²) in [5.41, 5.74) is 5.27. The van der Waals surface area contributed by atoms with E-state index in [4.69, 9.17) is 9.47 Å². The Bertz CT molecular complexity index is 1260. The molecule has 2 aromatic carbocycles. The summed E-state index contributed by atoms with van der Waals surface area (Å²) in [5, 5.41) is 9.82. The van der Waals surface area contributed by atoms with Crippen LogP contribution in [0.15, 0.2) is 54.7 Å². The summed E-state index contributed by atoms with van der Waals surface area (Å²) in [6, 6.07) is 16.3. The number of aromatic nitrogens is 1. The molecular weight excluding hydrogens is 466 g/mol. The second kappa shape index (κ2) is 10.7. The monoisotopic (exact) mass is 499 g/mol. The van der Waals surface area contributed by atoms with Crippen LogP contribution in [0.4, 0.5) is 11.5 Å². The summed E-state index contributed by atoms with van der Waals surface area (Å²) in [4.78, 5) is 19.7. The van der Waals surface area contributed by atoms with Gasteiger partial charge in [-0.15, -0.1) is 0 Å². The number of amides is 1. The Kier molecular flexibility index (Phi) is 6.82.